The summed E-state index contributed by atoms with van der Waals surface area (Å²) < 4.78 is 63.9. The molecule has 0 aliphatic carbocycles. The van der Waals surface area contributed by atoms with E-state index >= 15 is 0 Å². The van der Waals surface area contributed by atoms with Crippen LogP contribution >= 0.6 is 0 Å². The number of alkyl halides is 3. The van der Waals surface area contributed by atoms with Gasteiger partial charge in [0.2, 0.25) is 10.0 Å². The molecule has 1 aromatic carbocycles. The molecule has 0 unspecified atom stereocenters. The molecule has 0 atom stereocenters. The fraction of sp³-hybridized carbons (Fsp3) is 0.400. The molecule has 0 heterocycles. The Morgan fingerprint density at radius 2 is 2.05 bits per heavy atom. The Balaban J connectivity index is 3.10. The zero-order valence-corrected chi connectivity index (χ0v) is 11.2. The quantitative estimate of drug-likeness (QED) is 0.392. The van der Waals surface area contributed by atoms with Gasteiger partial charge in [0, 0.05) is 18.0 Å². The monoisotopic (exact) mass is 308 g/mol. The van der Waals surface area contributed by atoms with Crippen molar-refractivity contribution in [3.63, 3.8) is 0 Å². The first kappa shape index (κ1) is 16.3. The highest BCUT2D eigenvalue weighted by Gasteiger charge is 2.34. The summed E-state index contributed by atoms with van der Waals surface area (Å²) in [6.07, 6.45) is -4.62. The average Bonchev–Trinajstić information content (AvgIpc) is 2.33. The molecular formula is C10H11F3N4O2S. The molecule has 0 aromatic heterocycles. The molecule has 1 rings (SSSR count). The van der Waals surface area contributed by atoms with Crippen molar-refractivity contribution < 1.29 is 21.6 Å². The normalized spacial score (nSPS) is 12.0. The van der Waals surface area contributed by atoms with Crippen LogP contribution in [-0.4, -0.2) is 21.5 Å². The minimum atomic E-state index is -4.62. The predicted molar refractivity (Wildman–Crippen MR) is 65.4 cm³/mol. The van der Waals surface area contributed by atoms with Crippen LogP contribution < -0.4 is 4.72 Å². The Morgan fingerprint density at radius 3 is 2.60 bits per heavy atom. The lowest BCUT2D eigenvalue weighted by Gasteiger charge is -2.14. The second-order valence-electron chi connectivity index (χ2n) is 3.78. The number of benzene rings is 1. The maximum Gasteiger partial charge on any atom is 0.416 e. The standard InChI is InChI=1S/C10H11F3N4O2S/c1-7-8(10(11,12)13)3-2-4-9(7)20(18,19)16-6-5-15-17-14/h2-4,16H,5-6H2,1H3. The minimum absolute atomic E-state index is 0.131. The van der Waals surface area contributed by atoms with Gasteiger partial charge in [0.15, 0.2) is 0 Å². The number of nitrogens with one attached hydrogen (secondary N) is 1. The van der Waals surface area contributed by atoms with Crippen LogP contribution in [0.3, 0.4) is 0 Å². The summed E-state index contributed by atoms with van der Waals surface area (Å²) in [6, 6.07) is 2.92. The number of hydrogen-bond acceptors (Lipinski definition) is 3. The molecule has 0 fully saturated rings. The Kier molecular flexibility index (Phi) is 4.98. The van der Waals surface area contributed by atoms with Crippen molar-refractivity contribution in [3.8, 4) is 0 Å². The molecule has 0 saturated heterocycles. The van der Waals surface area contributed by atoms with Gasteiger partial charge in [0.1, 0.15) is 0 Å². The van der Waals surface area contributed by atoms with Gasteiger partial charge in [-0.1, -0.05) is 11.2 Å². The van der Waals surface area contributed by atoms with Crippen LogP contribution in [0.25, 0.3) is 10.4 Å². The van der Waals surface area contributed by atoms with Gasteiger partial charge in [0.05, 0.1) is 10.5 Å². The molecule has 1 N–H and O–H groups in total. The van der Waals surface area contributed by atoms with E-state index in [2.05, 4.69) is 14.7 Å². The predicted octanol–water partition coefficient (Wildman–Crippen LogP) is 2.60. The van der Waals surface area contributed by atoms with E-state index in [4.69, 9.17) is 5.53 Å². The number of hydrogen-bond donors (Lipinski definition) is 1. The van der Waals surface area contributed by atoms with E-state index in [0.717, 1.165) is 25.1 Å². The molecular weight excluding hydrogens is 297 g/mol. The molecule has 0 amide bonds. The van der Waals surface area contributed by atoms with E-state index in [1.54, 1.807) is 0 Å². The van der Waals surface area contributed by atoms with Crippen LogP contribution in [0.1, 0.15) is 11.1 Å². The number of nitrogens with zero attached hydrogens (tertiary/aromatic N) is 3. The van der Waals surface area contributed by atoms with Gasteiger partial charge < -0.3 is 0 Å². The highest BCUT2D eigenvalue weighted by molar-refractivity contribution is 7.89. The van der Waals surface area contributed by atoms with Gasteiger partial charge in [-0.3, -0.25) is 0 Å². The number of sulfonamides is 1. The van der Waals surface area contributed by atoms with E-state index in [0.29, 0.717) is 0 Å². The Bertz CT molecular complexity index is 636. The molecule has 0 aliphatic rings. The Hall–Kier alpha value is -1.77. The largest absolute Gasteiger partial charge is 0.416 e. The van der Waals surface area contributed by atoms with Gasteiger partial charge in [-0.15, -0.1) is 0 Å². The fourth-order valence-corrected chi connectivity index (χ4v) is 2.85. The molecule has 0 bridgehead atoms. The lowest BCUT2D eigenvalue weighted by Crippen LogP contribution is -2.27. The highest BCUT2D eigenvalue weighted by Crippen LogP contribution is 2.33. The fourth-order valence-electron chi connectivity index (χ4n) is 1.57. The number of halogens is 3. The summed E-state index contributed by atoms with van der Waals surface area (Å²) in [6.45, 7) is 0.765. The molecule has 1 aromatic rings. The third kappa shape index (κ3) is 3.86. The summed E-state index contributed by atoms with van der Waals surface area (Å²) >= 11 is 0. The van der Waals surface area contributed by atoms with E-state index in [1.165, 1.54) is 0 Å². The van der Waals surface area contributed by atoms with Gasteiger partial charge in [-0.05, 0) is 30.2 Å². The second kappa shape index (κ2) is 6.12. The van der Waals surface area contributed by atoms with Gasteiger partial charge in [-0.25, -0.2) is 13.1 Å². The van der Waals surface area contributed by atoms with E-state index < -0.39 is 26.7 Å². The van der Waals surface area contributed by atoms with Crippen LogP contribution in [0.15, 0.2) is 28.2 Å². The third-order valence-electron chi connectivity index (χ3n) is 2.45. The van der Waals surface area contributed by atoms with Crippen molar-refractivity contribution in [2.75, 3.05) is 13.1 Å². The summed E-state index contributed by atoms with van der Waals surface area (Å²) in [7, 11) is -4.09. The van der Waals surface area contributed by atoms with Crippen LogP contribution in [0.4, 0.5) is 13.2 Å². The lowest BCUT2D eigenvalue weighted by atomic mass is 10.1. The van der Waals surface area contributed by atoms with Crippen molar-refractivity contribution >= 4 is 10.0 Å². The average molecular weight is 308 g/mol. The number of azide groups is 1. The molecule has 0 spiro atoms. The molecule has 6 nitrogen and oxygen atoms in total. The summed E-state index contributed by atoms with van der Waals surface area (Å²) in [4.78, 5) is 1.98. The van der Waals surface area contributed by atoms with Crippen molar-refractivity contribution in [3.05, 3.63) is 39.8 Å². The van der Waals surface area contributed by atoms with E-state index in [1.807, 2.05) is 0 Å². The van der Waals surface area contributed by atoms with E-state index in [-0.39, 0.29) is 18.7 Å². The topological polar surface area (TPSA) is 94.9 Å². The highest BCUT2D eigenvalue weighted by atomic mass is 32.2. The maximum absolute atomic E-state index is 12.7. The SMILES string of the molecule is Cc1c(C(F)(F)F)cccc1S(=O)(=O)NCCN=[N+]=[N-]. The first-order valence-electron chi connectivity index (χ1n) is 5.37. The minimum Gasteiger partial charge on any atom is -0.211 e. The van der Waals surface area contributed by atoms with Crippen LogP contribution in [0, 0.1) is 6.92 Å². The molecule has 0 radical (unpaired) electrons. The first-order valence-corrected chi connectivity index (χ1v) is 6.86. The maximum atomic E-state index is 12.7. The first-order chi connectivity index (χ1) is 9.20. The zero-order valence-electron chi connectivity index (χ0n) is 10.3. The van der Waals surface area contributed by atoms with Gasteiger partial charge in [-0.2, -0.15) is 13.2 Å². The van der Waals surface area contributed by atoms with E-state index in [9.17, 15) is 21.6 Å². The second-order valence-corrected chi connectivity index (χ2v) is 5.51. The van der Waals surface area contributed by atoms with Crippen molar-refractivity contribution in [2.24, 2.45) is 5.11 Å². The summed E-state index contributed by atoms with van der Waals surface area (Å²) in [5.41, 5.74) is 6.66. The van der Waals surface area contributed by atoms with Crippen molar-refractivity contribution in [2.45, 2.75) is 18.0 Å². The molecule has 20 heavy (non-hydrogen) atoms. The van der Waals surface area contributed by atoms with Crippen molar-refractivity contribution in [1.82, 2.24) is 4.72 Å². The molecule has 10 heteroatoms. The Labute approximate surface area is 113 Å². The van der Waals surface area contributed by atoms with Gasteiger partial charge in [0.25, 0.3) is 0 Å². The zero-order chi connectivity index (χ0) is 15.4. The van der Waals surface area contributed by atoms with Gasteiger partial charge >= 0.3 is 6.18 Å². The van der Waals surface area contributed by atoms with Crippen LogP contribution in [0.5, 0.6) is 0 Å². The summed E-state index contributed by atoms with van der Waals surface area (Å²) in [5.74, 6) is 0. The third-order valence-corrected chi connectivity index (χ3v) is 4.05. The number of rotatable bonds is 5. The Morgan fingerprint density at radius 1 is 1.40 bits per heavy atom. The smallest absolute Gasteiger partial charge is 0.211 e. The molecule has 110 valence electrons. The van der Waals surface area contributed by atoms with Crippen molar-refractivity contribution in [1.29, 1.82) is 0 Å². The summed E-state index contributed by atoms with van der Waals surface area (Å²) in [5, 5.41) is 3.12. The lowest BCUT2D eigenvalue weighted by molar-refractivity contribution is -0.138. The van der Waals surface area contributed by atoms with Crippen LogP contribution in [0.2, 0.25) is 0 Å². The molecule has 0 saturated carbocycles. The molecule has 0 aliphatic heterocycles. The van der Waals surface area contributed by atoms with Crippen LogP contribution in [-0.2, 0) is 16.2 Å².